The van der Waals surface area contributed by atoms with Gasteiger partial charge in [0.25, 0.3) is 0 Å². The van der Waals surface area contributed by atoms with Gasteiger partial charge in [-0.15, -0.1) is 17.7 Å². The number of fused-ring (bicyclic) bond motifs is 1. The summed E-state index contributed by atoms with van der Waals surface area (Å²) in [5.74, 6) is 6.77. The quantitative estimate of drug-likeness (QED) is 0.0845. The number of carbonyl (C=O) groups excluding carboxylic acids is 1. The van der Waals surface area contributed by atoms with Crippen LogP contribution in [-0.4, -0.2) is 73.4 Å². The Morgan fingerprint density at radius 3 is 2.49 bits per heavy atom. The van der Waals surface area contributed by atoms with Gasteiger partial charge < -0.3 is 20.0 Å². The van der Waals surface area contributed by atoms with E-state index >= 15 is 0 Å². The fraction of sp³-hybridized carbons (Fsp3) is 0.568. The van der Waals surface area contributed by atoms with Crippen molar-refractivity contribution in [1.82, 2.24) is 4.90 Å². The highest BCUT2D eigenvalue weighted by molar-refractivity contribution is 8.24. The summed E-state index contributed by atoms with van der Waals surface area (Å²) in [5.41, 5.74) is 3.08. The number of hydrogen-bond acceptors (Lipinski definition) is 8. The van der Waals surface area contributed by atoms with Crippen LogP contribution in [0.1, 0.15) is 67.7 Å². The Balaban J connectivity index is 0.000000841. The number of aldehydes is 1. The van der Waals surface area contributed by atoms with Crippen molar-refractivity contribution in [2.24, 2.45) is 28.8 Å². The van der Waals surface area contributed by atoms with Gasteiger partial charge in [0.15, 0.2) is 6.29 Å². The molecule has 0 saturated heterocycles. The van der Waals surface area contributed by atoms with E-state index in [-0.39, 0.29) is 24.5 Å². The monoisotopic (exact) mass is 658 g/mol. The molecule has 4 unspecified atom stereocenters. The second kappa shape index (κ2) is 25.9. The number of rotatable bonds is 9. The van der Waals surface area contributed by atoms with E-state index in [4.69, 9.17) is 9.84 Å². The highest BCUT2D eigenvalue weighted by Gasteiger charge is 2.36. The van der Waals surface area contributed by atoms with E-state index in [1.807, 2.05) is 59.2 Å². The normalized spacial score (nSPS) is 24.0. The van der Waals surface area contributed by atoms with Gasteiger partial charge in [0.05, 0.1) is 23.3 Å². The van der Waals surface area contributed by atoms with Crippen LogP contribution in [0, 0.1) is 35.5 Å². The molecule has 0 aromatic carbocycles. The number of oxime groups is 1. The molecule has 5 atom stereocenters. The number of carbonyl (C=O) groups is 1. The van der Waals surface area contributed by atoms with Crippen molar-refractivity contribution in [3.8, 4) is 11.8 Å². The molecule has 1 aliphatic heterocycles. The van der Waals surface area contributed by atoms with Crippen LogP contribution in [0.5, 0.6) is 0 Å². The maximum absolute atomic E-state index is 11.7. The number of methoxy groups -OCH3 is 1. The van der Waals surface area contributed by atoms with Crippen molar-refractivity contribution >= 4 is 35.5 Å². The van der Waals surface area contributed by atoms with E-state index in [2.05, 4.69) is 73.0 Å². The smallest absolute Gasteiger partial charge is 0.156 e. The van der Waals surface area contributed by atoms with Gasteiger partial charge in [-0.05, 0) is 76.9 Å². The molecule has 6 nitrogen and oxygen atoms in total. The molecule has 0 bridgehead atoms. The first kappa shape index (κ1) is 42.7. The van der Waals surface area contributed by atoms with Crippen molar-refractivity contribution in [3.63, 3.8) is 0 Å². The number of aliphatic hydroxyl groups excluding tert-OH is 1. The van der Waals surface area contributed by atoms with E-state index in [0.29, 0.717) is 18.3 Å². The summed E-state index contributed by atoms with van der Waals surface area (Å²) in [7, 11) is 3.74. The van der Waals surface area contributed by atoms with E-state index in [9.17, 15) is 10.0 Å². The van der Waals surface area contributed by atoms with E-state index in [1.54, 1.807) is 18.9 Å². The number of allylic oxidation sites excluding steroid dienone is 9. The van der Waals surface area contributed by atoms with Crippen LogP contribution in [0.3, 0.4) is 0 Å². The van der Waals surface area contributed by atoms with Gasteiger partial charge in [0.2, 0.25) is 0 Å². The summed E-state index contributed by atoms with van der Waals surface area (Å²) in [6.07, 6.45) is 22.4. The number of ether oxygens (including phenoxy) is 1. The molecule has 2 aliphatic carbocycles. The Bertz CT molecular complexity index is 1140. The average molecular weight is 659 g/mol. The highest BCUT2D eigenvalue weighted by atomic mass is 32.2. The summed E-state index contributed by atoms with van der Waals surface area (Å²) < 4.78 is 6.67. The molecule has 1 heterocycles. The molecule has 0 aromatic heterocycles. The topological polar surface area (TPSA) is 82.4 Å². The van der Waals surface area contributed by atoms with Crippen molar-refractivity contribution in [2.45, 2.75) is 73.8 Å². The van der Waals surface area contributed by atoms with Gasteiger partial charge in [0, 0.05) is 35.6 Å². The van der Waals surface area contributed by atoms with E-state index < -0.39 is 0 Å². The molecule has 0 amide bonds. The number of nitrogens with zero attached hydrogens (tertiary/aromatic N) is 2. The second-order valence-electron chi connectivity index (χ2n) is 10.6. The zero-order valence-electron chi connectivity index (χ0n) is 29.2. The Morgan fingerprint density at radius 2 is 1.98 bits per heavy atom. The van der Waals surface area contributed by atoms with Gasteiger partial charge >= 0.3 is 0 Å². The Labute approximate surface area is 282 Å². The zero-order valence-corrected chi connectivity index (χ0v) is 30.9. The maximum Gasteiger partial charge on any atom is 0.156 e. The van der Waals surface area contributed by atoms with Crippen molar-refractivity contribution < 1.29 is 19.8 Å². The summed E-state index contributed by atoms with van der Waals surface area (Å²) in [6, 6.07) is 0. The van der Waals surface area contributed by atoms with Crippen LogP contribution in [0.4, 0.5) is 0 Å². The van der Waals surface area contributed by atoms with Crippen LogP contribution < -0.4 is 0 Å². The lowest BCUT2D eigenvalue weighted by Crippen LogP contribution is -2.29. The van der Waals surface area contributed by atoms with Gasteiger partial charge in [-0.3, -0.25) is 4.79 Å². The van der Waals surface area contributed by atoms with Gasteiger partial charge in [0.1, 0.15) is 0 Å². The van der Waals surface area contributed by atoms with Crippen LogP contribution in [0.15, 0.2) is 74.1 Å². The molecular formula is C37H58N2O4S2. The molecule has 0 aromatic rings. The first-order valence-electron chi connectivity index (χ1n) is 16.0. The molecule has 3 rings (SSSR count). The molecule has 252 valence electrons. The largest absolute Gasteiger partial charge is 0.411 e. The van der Waals surface area contributed by atoms with Crippen LogP contribution in [-0.2, 0) is 9.53 Å². The minimum atomic E-state index is -0.0559. The summed E-state index contributed by atoms with van der Waals surface area (Å²) in [4.78, 5) is 14.5. The van der Waals surface area contributed by atoms with Crippen molar-refractivity contribution in [2.75, 3.05) is 40.1 Å². The fourth-order valence-corrected chi connectivity index (χ4v) is 6.62. The molecule has 1 fully saturated rings. The molecule has 8 heteroatoms. The Kier molecular flexibility index (Phi) is 24.6. The predicted octanol–water partition coefficient (Wildman–Crippen LogP) is 8.52. The molecule has 0 spiro atoms. The third-order valence-corrected chi connectivity index (χ3v) is 9.72. The number of aliphatic hydroxyl groups is 1. The lowest BCUT2D eigenvalue weighted by Gasteiger charge is -2.35. The van der Waals surface area contributed by atoms with Crippen LogP contribution >= 0.6 is 23.5 Å². The third kappa shape index (κ3) is 15.7. The van der Waals surface area contributed by atoms with E-state index in [1.165, 1.54) is 17.3 Å². The molecule has 3 aliphatic rings. The Hall–Kier alpha value is -2.28. The summed E-state index contributed by atoms with van der Waals surface area (Å²) in [5, 5.41) is 21.6. The SMILES string of the molecule is CC.CC#CC(C)C=C/C=C\C.CCN(C)CCO.COC1CC=CC(C2CC3=C(C=O)SC(SC)=CC3/C(=N/O)C2)=C[C@H]1C. The van der Waals surface area contributed by atoms with Crippen molar-refractivity contribution in [3.05, 3.63) is 68.9 Å². The highest BCUT2D eigenvalue weighted by Crippen LogP contribution is 2.48. The molecule has 0 radical (unpaired) electrons. The minimum Gasteiger partial charge on any atom is -0.411 e. The first-order chi connectivity index (χ1) is 21.7. The van der Waals surface area contributed by atoms with Gasteiger partial charge in [-0.25, -0.2) is 0 Å². The van der Waals surface area contributed by atoms with Crippen molar-refractivity contribution in [1.29, 1.82) is 0 Å². The van der Waals surface area contributed by atoms with Crippen LogP contribution in [0.2, 0.25) is 0 Å². The lowest BCUT2D eigenvalue weighted by atomic mass is 9.73. The fourth-order valence-electron chi connectivity index (χ4n) is 4.94. The molecular weight excluding hydrogens is 601 g/mol. The third-order valence-electron chi connectivity index (χ3n) is 7.51. The predicted molar refractivity (Wildman–Crippen MR) is 198 cm³/mol. The number of hydrogen-bond donors (Lipinski definition) is 2. The minimum absolute atomic E-state index is 0.0559. The van der Waals surface area contributed by atoms with Gasteiger partial charge in [-0.1, -0.05) is 99.1 Å². The summed E-state index contributed by atoms with van der Waals surface area (Å²) >= 11 is 3.15. The summed E-state index contributed by atoms with van der Waals surface area (Å²) in [6.45, 7) is 16.3. The first-order valence-corrected chi connectivity index (χ1v) is 18.0. The average Bonchev–Trinajstić information content (AvgIpc) is 3.26. The number of likely N-dealkylation sites (N-methyl/N-ethyl adjacent to an activating group) is 1. The maximum atomic E-state index is 11.7. The van der Waals surface area contributed by atoms with Gasteiger partial charge in [-0.2, -0.15) is 0 Å². The molecule has 45 heavy (non-hydrogen) atoms. The standard InChI is InChI=1S/C20H25NO3S2.C10H14.C5H13NO.C2H6/c1-12-7-13(5-4-6-18(12)24-2)14-8-16-15(17(9-14)21-23)10-20(25-3)26-19(16)11-22;1-4-6-7-9-10(3)8-5-2;1-3-6(2)4-5-7;1-2/h4-5,7,10-12,14-15,18,23H,6,8-9H2,1-3H3;4,6-7,9-10H,1-3H3;7H,3-5H2,1-2H3;1-2H3/b21-17+;6-4-,9-7?;;/t12-,14?,15?,18?;;;/m1.../s1. The van der Waals surface area contributed by atoms with Crippen LogP contribution in [0.25, 0.3) is 0 Å². The lowest BCUT2D eigenvalue weighted by molar-refractivity contribution is -0.104. The van der Waals surface area contributed by atoms with E-state index in [0.717, 1.165) is 52.6 Å². The zero-order chi connectivity index (χ0) is 34.2. The number of thioether (sulfide) groups is 2. The molecule has 2 N–H and O–H groups in total. The molecule has 1 saturated carbocycles. The second-order valence-corrected chi connectivity index (χ2v) is 12.8. The Morgan fingerprint density at radius 1 is 1.27 bits per heavy atom.